The summed E-state index contributed by atoms with van der Waals surface area (Å²) in [5.41, 5.74) is 17.8. The van der Waals surface area contributed by atoms with Crippen molar-refractivity contribution in [2.24, 2.45) is 28.1 Å². The van der Waals surface area contributed by atoms with Crippen LogP contribution < -0.4 is 86.3 Å². The summed E-state index contributed by atoms with van der Waals surface area (Å²) in [6.07, 6.45) is -17.0. The highest BCUT2D eigenvalue weighted by molar-refractivity contribution is 6.01. The van der Waals surface area contributed by atoms with E-state index in [2.05, 4.69) is 84.1 Å². The van der Waals surface area contributed by atoms with Crippen molar-refractivity contribution in [2.45, 2.75) is 266 Å². The number of nitrogens with zero attached hydrogens (tertiary/aromatic N) is 5. The Morgan fingerprint density at radius 3 is 1.63 bits per heavy atom. The summed E-state index contributed by atoms with van der Waals surface area (Å²) in [5.74, 6) is -18.2. The van der Waals surface area contributed by atoms with Gasteiger partial charge in [0, 0.05) is 65.4 Å². The van der Waals surface area contributed by atoms with Crippen molar-refractivity contribution in [3.05, 3.63) is 18.2 Å². The lowest BCUT2D eigenvalue weighted by atomic mass is 9.94. The number of hydrogen-bond acceptors (Lipinski definition) is 31. The number of carbonyl (C=O) groups is 17. The summed E-state index contributed by atoms with van der Waals surface area (Å²) in [7, 11) is 1.37. The summed E-state index contributed by atoms with van der Waals surface area (Å²) in [6, 6.07) is -22.9. The molecular weight excluding hydrogens is 1660 g/mol. The Kier molecular flexibility index (Phi) is 39.9. The molecule has 1 aromatic heterocycles. The number of carboxylic acids is 1. The minimum absolute atomic E-state index is 0.00409. The van der Waals surface area contributed by atoms with Crippen LogP contribution in [-0.4, -0.2) is 384 Å². The van der Waals surface area contributed by atoms with Crippen LogP contribution in [0.2, 0.25) is 0 Å². The SMILES string of the molecule is CNC(=O)CNC(=O)C1CCCN1C(=O)C(C)NC(=O)C1CCCN1C(=O)C(CCCN=C(N)N)NC(=O)C(NC(=O)C(CC(=O)O)NC(=O)C1CCCN1C(=O)C(C)NC(=O)C(CO)NC(=O)C(NC(=O)C(NC(=O)CNC(=O)C(N)Cc1cnc[nH]1)C(C)C)C(C)O)C(C)O[C@H]1O[C@H](CO)[C@@H](O)C(O[C@H]2O[C@H](CO)[C@@H](O)C(O)C2NC(C)=O)C1NC(C)=O. The van der Waals surface area contributed by atoms with Crippen LogP contribution in [0, 0.1) is 5.92 Å². The number of rotatable bonds is 44. The molecule has 24 atom stereocenters. The van der Waals surface area contributed by atoms with E-state index in [4.69, 9.17) is 36.1 Å². The minimum Gasteiger partial charge on any atom is -0.481 e. The topological polar surface area (TPSA) is 774 Å². The second-order valence-electron chi connectivity index (χ2n) is 31.3. The van der Waals surface area contributed by atoms with Gasteiger partial charge in [-0.2, -0.15) is 0 Å². The van der Waals surface area contributed by atoms with Crippen LogP contribution in [-0.2, 0) is 107 Å². The number of carboxylic acid groups (broad SMARTS) is 1. The number of aliphatic carboxylic acids is 1. The molecule has 700 valence electrons. The number of ether oxygens (including phenoxy) is 4. The molecular formula is C74H120N22O29. The lowest BCUT2D eigenvalue weighted by Gasteiger charge is -2.48. The Morgan fingerprint density at radius 1 is 0.584 bits per heavy atom. The second-order valence-corrected chi connectivity index (χ2v) is 31.3. The van der Waals surface area contributed by atoms with Gasteiger partial charge in [-0.25, -0.2) is 4.98 Å². The Balaban J connectivity index is 1.27. The molecule has 0 bridgehead atoms. The number of aromatic amines is 1. The predicted octanol–water partition coefficient (Wildman–Crippen LogP) is -14.0. The lowest BCUT2D eigenvalue weighted by Crippen LogP contribution is -2.70. The Morgan fingerprint density at radius 2 is 1.10 bits per heavy atom. The number of nitrogens with two attached hydrogens (primary N) is 3. The third-order valence-electron chi connectivity index (χ3n) is 21.3. The summed E-state index contributed by atoms with van der Waals surface area (Å²) < 4.78 is 24.3. The number of hydrogen-bond donors (Lipinski definition) is 25. The third kappa shape index (κ3) is 29.0. The van der Waals surface area contributed by atoms with Gasteiger partial charge in [0.1, 0.15) is 115 Å². The molecule has 1 aromatic rings. The van der Waals surface area contributed by atoms with Gasteiger partial charge in [-0.15, -0.1) is 0 Å². The van der Waals surface area contributed by atoms with E-state index in [9.17, 15) is 108 Å². The molecule has 5 aliphatic rings. The molecule has 16 amide bonds. The first-order chi connectivity index (χ1) is 59.0. The molecule has 5 aliphatic heterocycles. The molecule has 0 saturated carbocycles. The molecule has 0 aliphatic carbocycles. The summed E-state index contributed by atoms with van der Waals surface area (Å²) in [4.78, 5) is 248. The monoisotopic (exact) mass is 1780 g/mol. The standard InChI is InChI=1S/C74H120N22O29/c1-31(2)51(91-49(104)26-81-60(110)39(75)22-38-24-79-30-83-38)66(116)92-52(34(5)100)67(117)90-42(27-97)62(112)84-32(3)69(119)95-20-12-17-45(95)65(115)89-41(23-50(105)106)61(111)93-53(35(6)122-73-55(87-37(8)102)59(57(108)47(29-99)124-73)125-72-54(86-36(7)101)58(109)56(107)46(28-98)123-72)68(118)88-40(14-10-18-80-74(76)77)71(121)96-21-13-16-44(96)64(114)85-33(4)70(120)94-19-11-15-43(94)63(113)82-25-48(103)78-9/h24,30-35,39-47,51-59,72-73,97-100,107-109H,10-23,25-29,75H2,1-9H3,(H,78,103)(H,79,83)(H,81,110)(H,82,113)(H,84,112)(H,85,114)(H,86,101)(H,87,102)(H,88,118)(H,89,115)(H,90,117)(H,91,104)(H,92,116)(H,93,111)(H,105,106)(H4,76,77,80)/t32?,33?,34?,35?,39?,40?,41?,42?,43?,44?,45?,46-,47-,51?,52?,53?,54?,55?,56-,57-,58?,59?,72-,73+/m1/s1. The molecule has 6 rings (SSSR count). The number of nitrogens with one attached hydrogen (secondary N) is 14. The summed E-state index contributed by atoms with van der Waals surface area (Å²) in [6.45, 7) is 5.12. The van der Waals surface area contributed by atoms with E-state index in [0.717, 1.165) is 44.4 Å². The molecule has 18 unspecified atom stereocenters. The van der Waals surface area contributed by atoms with Gasteiger partial charge in [0.05, 0.1) is 63.9 Å². The third-order valence-corrected chi connectivity index (χ3v) is 21.3. The second kappa shape index (κ2) is 48.5. The number of H-pyrrole nitrogens is 1. The van der Waals surface area contributed by atoms with Gasteiger partial charge in [0.15, 0.2) is 18.5 Å². The molecule has 51 heteroatoms. The average Bonchev–Trinajstić information content (AvgIpc) is 1.60. The van der Waals surface area contributed by atoms with E-state index >= 15 is 14.4 Å². The average molecular weight is 1780 g/mol. The minimum atomic E-state index is -2.27. The fraction of sp³-hybridized carbons (Fsp3) is 0.716. The largest absolute Gasteiger partial charge is 0.481 e. The highest BCUT2D eigenvalue weighted by Gasteiger charge is 2.54. The zero-order chi connectivity index (χ0) is 93.1. The van der Waals surface area contributed by atoms with Crippen LogP contribution in [0.3, 0.4) is 0 Å². The first-order valence-corrected chi connectivity index (χ1v) is 40.8. The van der Waals surface area contributed by atoms with Crippen LogP contribution in [0.5, 0.6) is 0 Å². The highest BCUT2D eigenvalue weighted by Crippen LogP contribution is 2.32. The van der Waals surface area contributed by atoms with Crippen molar-refractivity contribution in [3.63, 3.8) is 0 Å². The van der Waals surface area contributed by atoms with Gasteiger partial charge in [-0.3, -0.25) is 86.5 Å². The Hall–Kier alpha value is -11.0. The summed E-state index contributed by atoms with van der Waals surface area (Å²) in [5, 5.41) is 117. The molecule has 0 aromatic carbocycles. The van der Waals surface area contributed by atoms with E-state index < -0.39 is 285 Å². The summed E-state index contributed by atoms with van der Waals surface area (Å²) >= 11 is 0. The normalized spacial score (nSPS) is 24.9. The Bertz CT molecular complexity index is 3970. The predicted molar refractivity (Wildman–Crippen MR) is 427 cm³/mol. The van der Waals surface area contributed by atoms with E-state index in [1.54, 1.807) is 0 Å². The molecule has 5 fully saturated rings. The Labute approximate surface area is 717 Å². The molecule has 6 heterocycles. The van der Waals surface area contributed by atoms with Gasteiger partial charge in [-0.1, -0.05) is 13.8 Å². The molecule has 0 spiro atoms. The number of likely N-dealkylation sites (tertiary alicyclic amines) is 3. The van der Waals surface area contributed by atoms with Gasteiger partial charge in [0.2, 0.25) is 94.5 Å². The van der Waals surface area contributed by atoms with Crippen LogP contribution in [0.4, 0.5) is 0 Å². The first kappa shape index (κ1) is 103. The number of aliphatic hydroxyl groups excluding tert-OH is 7. The quantitative estimate of drug-likeness (QED) is 0.0164. The van der Waals surface area contributed by atoms with E-state index in [-0.39, 0.29) is 90.0 Å². The highest BCUT2D eigenvalue weighted by atomic mass is 16.7. The van der Waals surface area contributed by atoms with Crippen molar-refractivity contribution in [2.75, 3.05) is 66.1 Å². The number of carbonyl (C=O) groups excluding carboxylic acids is 16. The van der Waals surface area contributed by atoms with Crippen LogP contribution >= 0.6 is 0 Å². The zero-order valence-corrected chi connectivity index (χ0v) is 70.6. The number of amides is 16. The number of likely N-dealkylation sites (N-methyl/N-ethyl adjacent to an activating group) is 1. The number of aromatic nitrogens is 2. The number of aliphatic imine (C=N–C) groups is 1. The lowest BCUT2D eigenvalue weighted by molar-refractivity contribution is -0.332. The van der Waals surface area contributed by atoms with Crippen LogP contribution in [0.25, 0.3) is 0 Å². The molecule has 5 saturated heterocycles. The van der Waals surface area contributed by atoms with E-state index in [1.807, 2.05) is 0 Å². The maximum atomic E-state index is 15.5. The van der Waals surface area contributed by atoms with Crippen molar-refractivity contribution in [1.82, 2.24) is 93.8 Å². The van der Waals surface area contributed by atoms with Gasteiger partial charge in [-0.05, 0) is 85.0 Å². The first-order valence-electron chi connectivity index (χ1n) is 40.8. The molecule has 51 nitrogen and oxygen atoms in total. The molecule has 0 radical (unpaired) electrons. The fourth-order valence-corrected chi connectivity index (χ4v) is 14.7. The van der Waals surface area contributed by atoms with Gasteiger partial charge >= 0.3 is 5.97 Å². The van der Waals surface area contributed by atoms with Crippen molar-refractivity contribution in [3.8, 4) is 0 Å². The zero-order valence-electron chi connectivity index (χ0n) is 70.6. The van der Waals surface area contributed by atoms with Crippen LogP contribution in [0.1, 0.15) is 119 Å². The molecule has 125 heavy (non-hydrogen) atoms. The van der Waals surface area contributed by atoms with E-state index in [0.29, 0.717) is 12.1 Å². The van der Waals surface area contributed by atoms with Gasteiger partial charge < -0.3 is 166 Å². The van der Waals surface area contributed by atoms with Crippen molar-refractivity contribution >= 4 is 106 Å². The number of imidazole rings is 1. The number of guanidine groups is 1. The molecule has 28 N–H and O–H groups in total. The maximum absolute atomic E-state index is 15.5. The van der Waals surface area contributed by atoms with Crippen LogP contribution in [0.15, 0.2) is 17.5 Å². The fourth-order valence-electron chi connectivity index (χ4n) is 14.7. The maximum Gasteiger partial charge on any atom is 0.305 e. The number of aliphatic hydroxyl groups is 7. The van der Waals surface area contributed by atoms with E-state index in [1.165, 1.54) is 45.2 Å². The van der Waals surface area contributed by atoms with Crippen molar-refractivity contribution < 1.29 is 141 Å². The van der Waals surface area contributed by atoms with Crippen molar-refractivity contribution in [1.29, 1.82) is 0 Å². The van der Waals surface area contributed by atoms with Gasteiger partial charge in [0.25, 0.3) is 0 Å². The smallest absolute Gasteiger partial charge is 0.305 e.